The van der Waals surface area contributed by atoms with Crippen LogP contribution < -0.4 is 0 Å². The molecule has 0 atom stereocenters. The van der Waals surface area contributed by atoms with Gasteiger partial charge >= 0.3 is 0 Å². The topological polar surface area (TPSA) is 48.0 Å². The molecule has 0 fully saturated rings. The number of hydrogen-bond donors (Lipinski definition) is 0. The number of fused-ring (bicyclic) bond motifs is 2. The largest absolute Gasteiger partial charge is 0.241 e. The second kappa shape index (κ2) is 5.03. The minimum Gasteiger partial charge on any atom is -0.241 e. The third kappa shape index (κ3) is 1.98. The van der Waals surface area contributed by atoms with E-state index in [1.165, 1.54) is 28.9 Å². The van der Waals surface area contributed by atoms with Crippen LogP contribution in [0.4, 0.5) is 0 Å². The maximum atomic E-state index is 4.88. The van der Waals surface area contributed by atoms with Crippen molar-refractivity contribution in [2.24, 2.45) is 0 Å². The normalized spacial score (nSPS) is 13.5. The van der Waals surface area contributed by atoms with Crippen molar-refractivity contribution in [3.05, 3.63) is 65.7 Å². The van der Waals surface area contributed by atoms with Gasteiger partial charge in [0.25, 0.3) is 0 Å². The summed E-state index contributed by atoms with van der Waals surface area (Å²) in [7, 11) is 0. The first kappa shape index (κ1) is 13.5. The maximum absolute atomic E-state index is 4.88. The van der Waals surface area contributed by atoms with Gasteiger partial charge in [0.05, 0.1) is 16.9 Å². The summed E-state index contributed by atoms with van der Waals surface area (Å²) in [5.41, 5.74) is 7.00. The van der Waals surface area contributed by atoms with Gasteiger partial charge in [-0.05, 0) is 56.5 Å². The molecule has 0 N–H and O–H groups in total. The predicted molar refractivity (Wildman–Crippen MR) is 92.3 cm³/mol. The molecule has 0 aromatic carbocycles. The van der Waals surface area contributed by atoms with Gasteiger partial charge in [-0.1, -0.05) is 6.07 Å². The molecule has 118 valence electrons. The van der Waals surface area contributed by atoms with Gasteiger partial charge in [-0.3, -0.25) is 0 Å². The molecule has 0 unspecified atom stereocenters. The Morgan fingerprint density at radius 3 is 2.96 bits per heavy atom. The van der Waals surface area contributed by atoms with E-state index in [4.69, 9.17) is 5.10 Å². The SMILES string of the molecule is Cc1cccc(-n2nc3c(c2-c2ccn4nccc4c2)CCC3)n1. The molecule has 24 heavy (non-hydrogen) atoms. The van der Waals surface area contributed by atoms with E-state index in [1.807, 2.05) is 52.8 Å². The summed E-state index contributed by atoms with van der Waals surface area (Å²) in [5, 5.41) is 9.17. The van der Waals surface area contributed by atoms with E-state index < -0.39 is 0 Å². The summed E-state index contributed by atoms with van der Waals surface area (Å²) >= 11 is 0. The Morgan fingerprint density at radius 2 is 2.04 bits per heavy atom. The van der Waals surface area contributed by atoms with Crippen LogP contribution in [0.25, 0.3) is 22.6 Å². The Hall–Kier alpha value is -2.95. The lowest BCUT2D eigenvalue weighted by Gasteiger charge is -2.10. The molecule has 0 amide bonds. The first-order valence-corrected chi connectivity index (χ1v) is 8.28. The van der Waals surface area contributed by atoms with Crippen LogP contribution in [-0.4, -0.2) is 24.4 Å². The summed E-state index contributed by atoms with van der Waals surface area (Å²) < 4.78 is 3.90. The summed E-state index contributed by atoms with van der Waals surface area (Å²) in [6, 6.07) is 12.4. The smallest absolute Gasteiger partial charge is 0.154 e. The molecule has 0 bridgehead atoms. The van der Waals surface area contributed by atoms with Crippen LogP contribution in [0.1, 0.15) is 23.4 Å². The molecule has 0 saturated heterocycles. The number of aryl methyl sites for hydroxylation is 2. The number of rotatable bonds is 2. The monoisotopic (exact) mass is 315 g/mol. The molecular weight excluding hydrogens is 298 g/mol. The molecular formula is C19H17N5. The van der Waals surface area contributed by atoms with Crippen LogP contribution in [0.5, 0.6) is 0 Å². The van der Waals surface area contributed by atoms with Crippen molar-refractivity contribution in [1.29, 1.82) is 0 Å². The highest BCUT2D eigenvalue weighted by Gasteiger charge is 2.24. The molecule has 5 nitrogen and oxygen atoms in total. The van der Waals surface area contributed by atoms with Crippen molar-refractivity contribution in [2.75, 3.05) is 0 Å². The first-order valence-electron chi connectivity index (χ1n) is 8.28. The van der Waals surface area contributed by atoms with Gasteiger partial charge in [0.2, 0.25) is 0 Å². The molecule has 4 aromatic rings. The maximum Gasteiger partial charge on any atom is 0.154 e. The molecule has 0 spiro atoms. The molecule has 1 aliphatic rings. The minimum absolute atomic E-state index is 0.882. The van der Waals surface area contributed by atoms with Gasteiger partial charge in [-0.15, -0.1) is 0 Å². The summed E-state index contributed by atoms with van der Waals surface area (Å²) in [5.74, 6) is 0.882. The van der Waals surface area contributed by atoms with Gasteiger partial charge in [-0.25, -0.2) is 14.2 Å². The Balaban J connectivity index is 1.77. The lowest BCUT2D eigenvalue weighted by Crippen LogP contribution is -2.04. The highest BCUT2D eigenvalue weighted by atomic mass is 15.3. The fraction of sp³-hybridized carbons (Fsp3) is 0.211. The molecule has 5 heteroatoms. The van der Waals surface area contributed by atoms with E-state index >= 15 is 0 Å². The van der Waals surface area contributed by atoms with E-state index in [1.54, 1.807) is 0 Å². The summed E-state index contributed by atoms with van der Waals surface area (Å²) in [4.78, 5) is 4.68. The zero-order valence-electron chi connectivity index (χ0n) is 13.5. The average Bonchev–Trinajstić information content (AvgIpc) is 3.29. The number of aromatic nitrogens is 5. The van der Waals surface area contributed by atoms with Gasteiger partial charge in [0, 0.05) is 29.2 Å². The second-order valence-electron chi connectivity index (χ2n) is 6.29. The summed E-state index contributed by atoms with van der Waals surface area (Å²) in [6.07, 6.45) is 7.15. The van der Waals surface area contributed by atoms with Gasteiger partial charge in [0.1, 0.15) is 0 Å². The van der Waals surface area contributed by atoms with E-state index in [0.717, 1.165) is 29.9 Å². The fourth-order valence-corrected chi connectivity index (χ4v) is 3.57. The predicted octanol–water partition coefficient (Wildman–Crippen LogP) is 3.38. The number of nitrogens with zero attached hydrogens (tertiary/aromatic N) is 5. The Bertz CT molecular complexity index is 1060. The van der Waals surface area contributed by atoms with Crippen LogP contribution in [0.15, 0.2) is 48.8 Å². The quantitative estimate of drug-likeness (QED) is 0.570. The van der Waals surface area contributed by atoms with E-state index in [0.29, 0.717) is 0 Å². The Kier molecular flexibility index (Phi) is 2.82. The third-order valence-corrected chi connectivity index (χ3v) is 4.67. The highest BCUT2D eigenvalue weighted by molar-refractivity contribution is 5.71. The molecule has 0 radical (unpaired) electrons. The average molecular weight is 315 g/mol. The lowest BCUT2D eigenvalue weighted by atomic mass is 10.1. The van der Waals surface area contributed by atoms with Crippen molar-refractivity contribution in [1.82, 2.24) is 24.4 Å². The number of pyridine rings is 2. The molecule has 0 aliphatic heterocycles. The van der Waals surface area contributed by atoms with Crippen molar-refractivity contribution < 1.29 is 0 Å². The van der Waals surface area contributed by atoms with Gasteiger partial charge in [-0.2, -0.15) is 10.2 Å². The molecule has 5 rings (SSSR count). The van der Waals surface area contributed by atoms with E-state index in [-0.39, 0.29) is 0 Å². The van der Waals surface area contributed by atoms with E-state index in [9.17, 15) is 0 Å². The fourth-order valence-electron chi connectivity index (χ4n) is 3.57. The van der Waals surface area contributed by atoms with Crippen LogP contribution in [0, 0.1) is 6.92 Å². The zero-order chi connectivity index (χ0) is 16.1. The van der Waals surface area contributed by atoms with Crippen LogP contribution in [0.3, 0.4) is 0 Å². The van der Waals surface area contributed by atoms with Gasteiger partial charge in [0.15, 0.2) is 5.82 Å². The minimum atomic E-state index is 0.882. The van der Waals surface area contributed by atoms with Crippen molar-refractivity contribution >= 4 is 5.52 Å². The lowest BCUT2D eigenvalue weighted by molar-refractivity contribution is 0.787. The van der Waals surface area contributed by atoms with E-state index in [2.05, 4.69) is 22.2 Å². The third-order valence-electron chi connectivity index (χ3n) is 4.67. The van der Waals surface area contributed by atoms with Crippen molar-refractivity contribution in [3.8, 4) is 17.1 Å². The second-order valence-corrected chi connectivity index (χ2v) is 6.29. The Labute approximate surface area is 139 Å². The van der Waals surface area contributed by atoms with Crippen LogP contribution in [0.2, 0.25) is 0 Å². The van der Waals surface area contributed by atoms with Gasteiger partial charge < -0.3 is 0 Å². The molecule has 4 aromatic heterocycles. The molecule has 1 aliphatic carbocycles. The van der Waals surface area contributed by atoms with Crippen molar-refractivity contribution in [3.63, 3.8) is 0 Å². The zero-order valence-corrected chi connectivity index (χ0v) is 13.5. The molecule has 0 saturated carbocycles. The van der Waals surface area contributed by atoms with Crippen LogP contribution >= 0.6 is 0 Å². The standard InChI is InChI=1S/C19H17N5/c1-13-4-2-7-18(21-13)24-19(16-5-3-6-17(16)22-24)14-9-11-23-15(12-14)8-10-20-23/h2,4,7-12H,3,5-6H2,1H3. The molecule has 4 heterocycles. The summed E-state index contributed by atoms with van der Waals surface area (Å²) in [6.45, 7) is 2.01. The Morgan fingerprint density at radius 1 is 1.08 bits per heavy atom. The van der Waals surface area contributed by atoms with Crippen molar-refractivity contribution in [2.45, 2.75) is 26.2 Å². The number of hydrogen-bond acceptors (Lipinski definition) is 3. The first-order chi connectivity index (χ1) is 11.8. The highest BCUT2D eigenvalue weighted by Crippen LogP contribution is 2.34. The van der Waals surface area contributed by atoms with Crippen LogP contribution in [-0.2, 0) is 12.8 Å².